The third kappa shape index (κ3) is 3.18. The number of hydrogen-bond donors (Lipinski definition) is 1. The van der Waals surface area contributed by atoms with Crippen LogP contribution in [-0.4, -0.2) is 43.7 Å². The Morgan fingerprint density at radius 1 is 1.67 bits per heavy atom. The van der Waals surface area contributed by atoms with Crippen LogP contribution in [0.15, 0.2) is 0 Å². The molecule has 4 nitrogen and oxygen atoms in total. The van der Waals surface area contributed by atoms with Crippen molar-refractivity contribution in [3.63, 3.8) is 0 Å². The number of nitrogens with zero attached hydrogens (tertiary/aromatic N) is 1. The van der Waals surface area contributed by atoms with Crippen molar-refractivity contribution in [1.82, 2.24) is 4.90 Å². The van der Waals surface area contributed by atoms with Crippen molar-refractivity contribution in [2.45, 2.75) is 26.3 Å². The molecule has 15 heavy (non-hydrogen) atoms. The molecule has 88 valence electrons. The third-order valence-corrected chi connectivity index (χ3v) is 3.24. The number of ether oxygens (including phenoxy) is 1. The molecule has 0 aromatic carbocycles. The molecule has 0 spiro atoms. The fourth-order valence-corrected chi connectivity index (χ4v) is 2.27. The Morgan fingerprint density at radius 2 is 2.33 bits per heavy atom. The van der Waals surface area contributed by atoms with Crippen LogP contribution in [0.2, 0.25) is 0 Å². The molecular formula is C11H22N2O2. The summed E-state index contributed by atoms with van der Waals surface area (Å²) in [4.78, 5) is 13.6. The minimum atomic E-state index is -0.126. The summed E-state index contributed by atoms with van der Waals surface area (Å²) in [7, 11) is 1.44. The van der Waals surface area contributed by atoms with Gasteiger partial charge in [-0.05, 0) is 25.8 Å². The second kappa shape index (κ2) is 5.47. The van der Waals surface area contributed by atoms with Crippen LogP contribution in [-0.2, 0) is 9.53 Å². The van der Waals surface area contributed by atoms with E-state index in [1.165, 1.54) is 7.11 Å². The average molecular weight is 214 g/mol. The summed E-state index contributed by atoms with van der Waals surface area (Å²) in [5, 5.41) is 0. The highest BCUT2D eigenvalue weighted by molar-refractivity contribution is 5.72. The van der Waals surface area contributed by atoms with Gasteiger partial charge in [0, 0.05) is 19.1 Å². The monoisotopic (exact) mass is 214 g/mol. The zero-order valence-corrected chi connectivity index (χ0v) is 9.90. The minimum absolute atomic E-state index is 0.0472. The van der Waals surface area contributed by atoms with Crippen molar-refractivity contribution in [2.75, 3.05) is 26.7 Å². The topological polar surface area (TPSA) is 55.6 Å². The van der Waals surface area contributed by atoms with Crippen LogP contribution in [0.3, 0.4) is 0 Å². The van der Waals surface area contributed by atoms with Crippen molar-refractivity contribution in [3.8, 4) is 0 Å². The molecule has 0 aliphatic carbocycles. The normalized spacial score (nSPS) is 29.1. The summed E-state index contributed by atoms with van der Waals surface area (Å²) in [6.45, 7) is 6.64. The van der Waals surface area contributed by atoms with Crippen molar-refractivity contribution in [2.24, 2.45) is 17.6 Å². The number of carbonyl (C=O) groups excluding carboxylic acids is 1. The predicted octanol–water partition coefficient (Wildman–Crippen LogP) is 0.465. The highest BCUT2D eigenvalue weighted by Gasteiger charge is 2.30. The van der Waals surface area contributed by atoms with Gasteiger partial charge in [-0.2, -0.15) is 0 Å². The SMILES string of the molecule is COC(=O)C(C)CN1CC(CN)CC1C. The highest BCUT2D eigenvalue weighted by Crippen LogP contribution is 2.23. The molecule has 4 heteroatoms. The van der Waals surface area contributed by atoms with E-state index in [1.54, 1.807) is 0 Å². The van der Waals surface area contributed by atoms with Gasteiger partial charge in [0.2, 0.25) is 0 Å². The first-order valence-electron chi connectivity index (χ1n) is 5.60. The molecule has 0 bridgehead atoms. The molecule has 1 heterocycles. The van der Waals surface area contributed by atoms with Crippen molar-refractivity contribution in [3.05, 3.63) is 0 Å². The average Bonchev–Trinajstić information content (AvgIpc) is 2.58. The quantitative estimate of drug-likeness (QED) is 0.691. The van der Waals surface area contributed by atoms with Gasteiger partial charge in [0.15, 0.2) is 0 Å². The molecule has 3 unspecified atom stereocenters. The van der Waals surface area contributed by atoms with Crippen LogP contribution in [0.25, 0.3) is 0 Å². The number of likely N-dealkylation sites (tertiary alicyclic amines) is 1. The third-order valence-electron chi connectivity index (χ3n) is 3.24. The second-order valence-corrected chi connectivity index (χ2v) is 4.56. The van der Waals surface area contributed by atoms with E-state index in [4.69, 9.17) is 10.5 Å². The van der Waals surface area contributed by atoms with E-state index in [-0.39, 0.29) is 11.9 Å². The van der Waals surface area contributed by atoms with Crippen LogP contribution in [0.5, 0.6) is 0 Å². The first kappa shape index (κ1) is 12.5. The summed E-state index contributed by atoms with van der Waals surface area (Å²) in [5.74, 6) is 0.414. The predicted molar refractivity (Wildman–Crippen MR) is 59.4 cm³/mol. The maximum atomic E-state index is 11.3. The van der Waals surface area contributed by atoms with E-state index in [0.29, 0.717) is 12.0 Å². The number of hydrogen-bond acceptors (Lipinski definition) is 4. The second-order valence-electron chi connectivity index (χ2n) is 4.56. The smallest absolute Gasteiger partial charge is 0.309 e. The zero-order chi connectivity index (χ0) is 11.4. The standard InChI is InChI=1S/C11H22N2O2/c1-8(11(14)15-3)6-13-7-10(5-12)4-9(13)2/h8-10H,4-7,12H2,1-3H3. The van der Waals surface area contributed by atoms with E-state index in [1.807, 2.05) is 6.92 Å². The summed E-state index contributed by atoms with van der Waals surface area (Å²) in [5.41, 5.74) is 5.66. The van der Waals surface area contributed by atoms with Gasteiger partial charge < -0.3 is 10.5 Å². The van der Waals surface area contributed by atoms with Crippen molar-refractivity contribution >= 4 is 5.97 Å². The van der Waals surface area contributed by atoms with Gasteiger partial charge in [-0.3, -0.25) is 9.69 Å². The molecule has 0 aromatic heterocycles. The Labute approximate surface area is 91.8 Å². The van der Waals surface area contributed by atoms with E-state index < -0.39 is 0 Å². The van der Waals surface area contributed by atoms with Gasteiger partial charge in [0.25, 0.3) is 0 Å². The first-order valence-corrected chi connectivity index (χ1v) is 5.60. The van der Waals surface area contributed by atoms with Crippen molar-refractivity contribution < 1.29 is 9.53 Å². The molecule has 3 atom stereocenters. The van der Waals surface area contributed by atoms with Crippen LogP contribution >= 0.6 is 0 Å². The summed E-state index contributed by atoms with van der Waals surface area (Å²) in [6.07, 6.45) is 1.14. The Morgan fingerprint density at radius 3 is 2.80 bits per heavy atom. The number of esters is 1. The molecule has 0 radical (unpaired) electrons. The van der Waals surface area contributed by atoms with Crippen LogP contribution in [0, 0.1) is 11.8 Å². The lowest BCUT2D eigenvalue weighted by Gasteiger charge is -2.23. The maximum absolute atomic E-state index is 11.3. The molecule has 1 rings (SSSR count). The van der Waals surface area contributed by atoms with Gasteiger partial charge in [-0.1, -0.05) is 6.92 Å². The fourth-order valence-electron chi connectivity index (χ4n) is 2.27. The summed E-state index contributed by atoms with van der Waals surface area (Å²) in [6, 6.07) is 0.533. The molecule has 0 amide bonds. The van der Waals surface area contributed by atoms with E-state index in [2.05, 4.69) is 11.8 Å². The highest BCUT2D eigenvalue weighted by atomic mass is 16.5. The molecular weight excluding hydrogens is 192 g/mol. The van der Waals surface area contributed by atoms with Gasteiger partial charge >= 0.3 is 5.97 Å². The Balaban J connectivity index is 2.42. The van der Waals surface area contributed by atoms with Gasteiger partial charge in [0.05, 0.1) is 13.0 Å². The van der Waals surface area contributed by atoms with Crippen LogP contribution < -0.4 is 5.73 Å². The Hall–Kier alpha value is -0.610. The zero-order valence-electron chi connectivity index (χ0n) is 9.90. The lowest BCUT2D eigenvalue weighted by atomic mass is 10.1. The molecule has 1 aliphatic rings. The number of carbonyl (C=O) groups is 1. The number of nitrogens with two attached hydrogens (primary N) is 1. The molecule has 2 N–H and O–H groups in total. The van der Waals surface area contributed by atoms with Gasteiger partial charge in [0.1, 0.15) is 0 Å². The molecule has 0 aromatic rings. The fraction of sp³-hybridized carbons (Fsp3) is 0.909. The summed E-state index contributed by atoms with van der Waals surface area (Å²) < 4.78 is 4.72. The van der Waals surface area contributed by atoms with Gasteiger partial charge in [-0.25, -0.2) is 0 Å². The lowest BCUT2D eigenvalue weighted by molar-refractivity contribution is -0.145. The minimum Gasteiger partial charge on any atom is -0.469 e. The molecule has 1 fully saturated rings. The number of rotatable bonds is 4. The van der Waals surface area contributed by atoms with E-state index in [9.17, 15) is 4.79 Å². The van der Waals surface area contributed by atoms with E-state index >= 15 is 0 Å². The lowest BCUT2D eigenvalue weighted by Crippen LogP contribution is -2.35. The number of methoxy groups -OCH3 is 1. The van der Waals surface area contributed by atoms with Crippen LogP contribution in [0.4, 0.5) is 0 Å². The Kier molecular flexibility index (Phi) is 4.54. The molecule has 1 saturated heterocycles. The summed E-state index contributed by atoms with van der Waals surface area (Å²) >= 11 is 0. The molecule has 1 aliphatic heterocycles. The molecule has 0 saturated carbocycles. The van der Waals surface area contributed by atoms with Crippen molar-refractivity contribution in [1.29, 1.82) is 0 Å². The van der Waals surface area contributed by atoms with E-state index in [0.717, 1.165) is 26.1 Å². The van der Waals surface area contributed by atoms with Crippen LogP contribution in [0.1, 0.15) is 20.3 Å². The maximum Gasteiger partial charge on any atom is 0.309 e. The largest absolute Gasteiger partial charge is 0.469 e. The first-order chi connectivity index (χ1) is 7.08. The van der Waals surface area contributed by atoms with Gasteiger partial charge in [-0.15, -0.1) is 0 Å². The Bertz CT molecular complexity index is 221.